The van der Waals surface area contributed by atoms with E-state index in [0.29, 0.717) is 18.1 Å². The number of piperazine rings is 1. The van der Waals surface area contributed by atoms with Gasteiger partial charge in [0.1, 0.15) is 16.4 Å². The van der Waals surface area contributed by atoms with Crippen LogP contribution in [0.5, 0.6) is 11.5 Å². The molecular weight excluding hydrogens is 455 g/mol. The van der Waals surface area contributed by atoms with Crippen LogP contribution in [-0.4, -0.2) is 48.8 Å². The largest absolute Gasteiger partial charge is 0.454 e. The Labute approximate surface area is 179 Å². The van der Waals surface area contributed by atoms with Crippen molar-refractivity contribution >= 4 is 52.1 Å². The molecule has 0 amide bonds. The molecule has 0 bridgehead atoms. The van der Waals surface area contributed by atoms with Gasteiger partial charge in [0, 0.05) is 50.6 Å². The van der Waals surface area contributed by atoms with Gasteiger partial charge in [0.25, 0.3) is 5.69 Å². The molecule has 0 unspecified atom stereocenters. The van der Waals surface area contributed by atoms with Crippen molar-refractivity contribution in [2.75, 3.05) is 26.2 Å². The van der Waals surface area contributed by atoms with E-state index in [1.807, 2.05) is 0 Å². The van der Waals surface area contributed by atoms with E-state index in [-0.39, 0.29) is 60.0 Å². The Bertz CT molecular complexity index is 939. The van der Waals surface area contributed by atoms with Crippen LogP contribution in [0, 0.1) is 10.1 Å². The van der Waals surface area contributed by atoms with Gasteiger partial charge in [-0.15, -0.1) is 24.8 Å². The summed E-state index contributed by atoms with van der Waals surface area (Å²) < 4.78 is 32.9. The molecule has 0 atom stereocenters. The minimum Gasteiger partial charge on any atom is -0.454 e. The van der Waals surface area contributed by atoms with Gasteiger partial charge in [-0.2, -0.15) is 4.31 Å². The number of rotatable bonds is 5. The van der Waals surface area contributed by atoms with Gasteiger partial charge in [0.15, 0.2) is 0 Å². The number of nitro groups is 1. The van der Waals surface area contributed by atoms with E-state index < -0.39 is 14.9 Å². The molecule has 0 aliphatic carbocycles. The summed E-state index contributed by atoms with van der Waals surface area (Å²) in [6, 6.07) is 4.92. The van der Waals surface area contributed by atoms with Gasteiger partial charge >= 0.3 is 0 Å². The second kappa shape index (κ2) is 10.2. The molecule has 0 radical (unpaired) electrons. The molecule has 0 saturated carbocycles. The molecule has 28 heavy (non-hydrogen) atoms. The highest BCUT2D eigenvalue weighted by Gasteiger charge is 2.31. The first-order valence-corrected chi connectivity index (χ1v) is 9.47. The lowest BCUT2D eigenvalue weighted by atomic mass is 10.3. The van der Waals surface area contributed by atoms with Crippen LogP contribution < -0.4 is 10.1 Å². The highest BCUT2D eigenvalue weighted by Crippen LogP contribution is 2.34. The number of aromatic nitrogens is 1. The Hall–Kier alpha value is -1.69. The average molecular weight is 472 g/mol. The molecule has 1 aromatic heterocycles. The topological polar surface area (TPSA) is 115 Å². The van der Waals surface area contributed by atoms with Gasteiger partial charge in [-0.25, -0.2) is 8.42 Å². The van der Waals surface area contributed by atoms with E-state index in [1.165, 1.54) is 34.9 Å². The minimum atomic E-state index is -3.97. The minimum absolute atomic E-state index is 0. The zero-order chi connectivity index (χ0) is 18.7. The number of nitro benzene ring substituents is 1. The fourth-order valence-corrected chi connectivity index (χ4v) is 4.23. The van der Waals surface area contributed by atoms with E-state index >= 15 is 0 Å². The van der Waals surface area contributed by atoms with Crippen molar-refractivity contribution in [2.45, 2.75) is 4.90 Å². The maximum Gasteiger partial charge on any atom is 0.271 e. The summed E-state index contributed by atoms with van der Waals surface area (Å²) in [6.45, 7) is 1.54. The van der Waals surface area contributed by atoms with Crippen LogP contribution >= 0.6 is 36.4 Å². The van der Waals surface area contributed by atoms with Gasteiger partial charge in [-0.1, -0.05) is 11.6 Å². The van der Waals surface area contributed by atoms with Crippen LogP contribution in [0.1, 0.15) is 0 Å². The standard InChI is InChI=1S/C15H15ClN4O5S.2ClH/c16-11-7-13(10-18-9-11)25-14-2-1-12(20(21)22)8-15(14)26(23,24)19-5-3-17-4-6-19;;/h1-2,7-10,17H,3-6H2;2*1H. The third-order valence-electron chi connectivity index (χ3n) is 3.74. The molecule has 1 aromatic carbocycles. The highest BCUT2D eigenvalue weighted by molar-refractivity contribution is 7.89. The van der Waals surface area contributed by atoms with Crippen molar-refractivity contribution in [1.82, 2.24) is 14.6 Å². The van der Waals surface area contributed by atoms with E-state index in [0.717, 1.165) is 6.07 Å². The highest BCUT2D eigenvalue weighted by atomic mass is 35.5. The van der Waals surface area contributed by atoms with E-state index in [4.69, 9.17) is 16.3 Å². The van der Waals surface area contributed by atoms with Gasteiger partial charge in [-0.3, -0.25) is 15.1 Å². The summed E-state index contributed by atoms with van der Waals surface area (Å²) in [5, 5.41) is 14.5. The Kier molecular flexibility index (Phi) is 8.86. The number of nitrogens with one attached hydrogen (secondary N) is 1. The van der Waals surface area contributed by atoms with Crippen molar-refractivity contribution in [3.63, 3.8) is 0 Å². The average Bonchev–Trinajstić information content (AvgIpc) is 2.62. The number of hydrogen-bond donors (Lipinski definition) is 1. The van der Waals surface area contributed by atoms with Crippen molar-refractivity contribution in [3.05, 3.63) is 51.8 Å². The van der Waals surface area contributed by atoms with Gasteiger partial charge in [0.2, 0.25) is 10.0 Å². The molecule has 1 N–H and O–H groups in total. The zero-order valence-electron chi connectivity index (χ0n) is 14.3. The molecule has 3 rings (SSSR count). The third-order valence-corrected chi connectivity index (χ3v) is 5.87. The maximum absolute atomic E-state index is 13.0. The fraction of sp³-hybridized carbons (Fsp3) is 0.267. The van der Waals surface area contributed by atoms with E-state index in [9.17, 15) is 18.5 Å². The number of benzene rings is 1. The molecule has 1 saturated heterocycles. The molecule has 1 aliphatic rings. The number of pyridine rings is 1. The second-order valence-electron chi connectivity index (χ2n) is 5.48. The number of non-ortho nitro benzene ring substituents is 1. The SMILES string of the molecule is Cl.Cl.O=[N+]([O-])c1ccc(Oc2cncc(Cl)c2)c(S(=O)(=O)N2CCNCC2)c1. The summed E-state index contributed by atoms with van der Waals surface area (Å²) >= 11 is 5.86. The van der Waals surface area contributed by atoms with Crippen LogP contribution in [0.2, 0.25) is 5.02 Å². The lowest BCUT2D eigenvalue weighted by Gasteiger charge is -2.27. The van der Waals surface area contributed by atoms with E-state index in [2.05, 4.69) is 10.3 Å². The Morgan fingerprint density at radius 2 is 1.86 bits per heavy atom. The van der Waals surface area contributed by atoms with Crippen LogP contribution in [0.25, 0.3) is 0 Å². The molecular formula is C15H17Cl3N4O5S. The number of sulfonamides is 1. The quantitative estimate of drug-likeness (QED) is 0.526. The van der Waals surface area contributed by atoms with E-state index in [1.54, 1.807) is 0 Å². The first kappa shape index (κ1) is 24.3. The maximum atomic E-state index is 13.0. The monoisotopic (exact) mass is 470 g/mol. The Morgan fingerprint density at radius 3 is 2.46 bits per heavy atom. The summed E-state index contributed by atoms with van der Waals surface area (Å²) in [4.78, 5) is 14.0. The smallest absolute Gasteiger partial charge is 0.271 e. The van der Waals surface area contributed by atoms with Crippen molar-refractivity contribution in [2.24, 2.45) is 0 Å². The summed E-state index contributed by atoms with van der Waals surface area (Å²) in [7, 11) is -3.97. The first-order valence-electron chi connectivity index (χ1n) is 7.65. The number of ether oxygens (including phenoxy) is 1. The molecule has 2 aromatic rings. The Morgan fingerprint density at radius 1 is 1.18 bits per heavy atom. The second-order valence-corrected chi connectivity index (χ2v) is 7.83. The number of halogens is 3. The van der Waals surface area contributed by atoms with Gasteiger partial charge < -0.3 is 10.1 Å². The number of hydrogen-bond acceptors (Lipinski definition) is 7. The predicted octanol–water partition coefficient (Wildman–Crippen LogP) is 2.87. The Balaban J connectivity index is 0.00000196. The summed E-state index contributed by atoms with van der Waals surface area (Å²) in [5.74, 6) is 0.196. The van der Waals surface area contributed by atoms with Crippen LogP contribution in [-0.2, 0) is 10.0 Å². The van der Waals surface area contributed by atoms with Crippen molar-refractivity contribution in [3.8, 4) is 11.5 Å². The number of nitrogens with zero attached hydrogens (tertiary/aromatic N) is 3. The molecule has 1 aliphatic heterocycles. The van der Waals surface area contributed by atoms with Crippen LogP contribution in [0.4, 0.5) is 5.69 Å². The fourth-order valence-electron chi connectivity index (χ4n) is 2.50. The predicted molar refractivity (Wildman–Crippen MR) is 109 cm³/mol. The molecule has 1 fully saturated rings. The zero-order valence-corrected chi connectivity index (χ0v) is 17.5. The normalized spacial score (nSPS) is 14.5. The molecule has 9 nitrogen and oxygen atoms in total. The van der Waals surface area contributed by atoms with Crippen molar-refractivity contribution < 1.29 is 18.1 Å². The molecule has 0 spiro atoms. The first-order chi connectivity index (χ1) is 12.4. The summed E-state index contributed by atoms with van der Waals surface area (Å²) in [5.41, 5.74) is -0.338. The van der Waals surface area contributed by atoms with Gasteiger partial charge in [0.05, 0.1) is 16.1 Å². The third kappa shape index (κ3) is 5.43. The van der Waals surface area contributed by atoms with Gasteiger partial charge in [-0.05, 0) is 6.07 Å². The van der Waals surface area contributed by atoms with Crippen molar-refractivity contribution in [1.29, 1.82) is 0 Å². The molecule has 154 valence electrons. The molecule has 13 heteroatoms. The molecule has 2 heterocycles. The van der Waals surface area contributed by atoms with Crippen LogP contribution in [0.15, 0.2) is 41.6 Å². The lowest BCUT2D eigenvalue weighted by Crippen LogP contribution is -2.46. The summed E-state index contributed by atoms with van der Waals surface area (Å²) in [6.07, 6.45) is 2.77. The lowest BCUT2D eigenvalue weighted by molar-refractivity contribution is -0.385. The van der Waals surface area contributed by atoms with Crippen LogP contribution in [0.3, 0.4) is 0 Å².